The van der Waals surface area contributed by atoms with E-state index in [9.17, 15) is 8.78 Å². The van der Waals surface area contributed by atoms with Gasteiger partial charge in [-0.05, 0) is 62.1 Å². The Bertz CT molecular complexity index is 1170. The SMILES string of the molecule is Cc1cc2c(c(C(C)N3CCc4ccccc43)c1)OC(c1ccc(F)cc1F)=CC2. The maximum absolute atomic E-state index is 14.4. The van der Waals surface area contributed by atoms with Crippen LogP contribution in [0.3, 0.4) is 0 Å². The van der Waals surface area contributed by atoms with Gasteiger partial charge < -0.3 is 9.64 Å². The van der Waals surface area contributed by atoms with Crippen LogP contribution in [0.15, 0.2) is 60.7 Å². The van der Waals surface area contributed by atoms with Crippen LogP contribution in [0.2, 0.25) is 0 Å². The molecule has 0 saturated carbocycles. The summed E-state index contributed by atoms with van der Waals surface area (Å²) < 4.78 is 34.0. The van der Waals surface area contributed by atoms with Crippen LogP contribution < -0.4 is 9.64 Å². The van der Waals surface area contributed by atoms with Crippen LogP contribution in [0.4, 0.5) is 14.5 Å². The van der Waals surface area contributed by atoms with Crippen LogP contribution in [-0.4, -0.2) is 6.54 Å². The normalized spacial score (nSPS) is 15.9. The molecule has 2 heterocycles. The molecule has 0 aromatic heterocycles. The number of allylic oxidation sites excluding steroid dienone is 1. The Kier molecular flexibility index (Phi) is 4.58. The number of nitrogens with zero attached hydrogens (tertiary/aromatic N) is 1. The molecule has 5 rings (SSSR count). The zero-order valence-electron chi connectivity index (χ0n) is 17.1. The van der Waals surface area contributed by atoms with Crippen molar-refractivity contribution in [3.05, 3.63) is 100 Å². The van der Waals surface area contributed by atoms with Crippen molar-refractivity contribution in [2.24, 2.45) is 0 Å². The van der Waals surface area contributed by atoms with Crippen molar-refractivity contribution in [2.45, 2.75) is 32.7 Å². The standard InChI is InChI=1S/C26H23F2NO/c1-16-13-19-7-10-25(21-9-8-20(27)15-23(21)28)30-26(19)22(14-16)17(2)29-12-11-18-5-3-4-6-24(18)29/h3-6,8-10,13-15,17H,7,11-12H2,1-2H3. The number of anilines is 1. The average Bonchev–Trinajstić information content (AvgIpc) is 3.16. The monoisotopic (exact) mass is 403 g/mol. The summed E-state index contributed by atoms with van der Waals surface area (Å²) in [5.74, 6) is 0.0309. The number of fused-ring (bicyclic) bond motifs is 2. The highest BCUT2D eigenvalue weighted by Crippen LogP contribution is 2.42. The van der Waals surface area contributed by atoms with Crippen LogP contribution in [0.5, 0.6) is 5.75 Å². The number of hydrogen-bond acceptors (Lipinski definition) is 2. The highest BCUT2D eigenvalue weighted by molar-refractivity contribution is 5.68. The van der Waals surface area contributed by atoms with Crippen molar-refractivity contribution in [3.8, 4) is 5.75 Å². The molecule has 2 aliphatic heterocycles. The summed E-state index contributed by atoms with van der Waals surface area (Å²) in [5.41, 5.74) is 6.27. The number of halogens is 2. The van der Waals surface area contributed by atoms with Crippen molar-refractivity contribution >= 4 is 11.4 Å². The van der Waals surface area contributed by atoms with Gasteiger partial charge in [0.15, 0.2) is 0 Å². The third kappa shape index (κ3) is 3.17. The fourth-order valence-electron chi connectivity index (χ4n) is 4.61. The second kappa shape index (κ2) is 7.28. The van der Waals surface area contributed by atoms with Crippen molar-refractivity contribution in [2.75, 3.05) is 11.4 Å². The second-order valence-electron chi connectivity index (χ2n) is 8.09. The predicted molar refractivity (Wildman–Crippen MR) is 116 cm³/mol. The zero-order valence-corrected chi connectivity index (χ0v) is 17.1. The van der Waals surface area contributed by atoms with Gasteiger partial charge in [-0.2, -0.15) is 0 Å². The lowest BCUT2D eigenvalue weighted by atomic mass is 9.95. The smallest absolute Gasteiger partial charge is 0.137 e. The Balaban J connectivity index is 1.53. The molecule has 0 radical (unpaired) electrons. The predicted octanol–water partition coefficient (Wildman–Crippen LogP) is 6.37. The van der Waals surface area contributed by atoms with Crippen LogP contribution in [-0.2, 0) is 12.8 Å². The van der Waals surface area contributed by atoms with Crippen molar-refractivity contribution in [1.82, 2.24) is 0 Å². The molecule has 0 saturated heterocycles. The van der Waals surface area contributed by atoms with E-state index in [2.05, 4.69) is 55.1 Å². The molecule has 3 aromatic rings. The Labute approximate surface area is 175 Å². The van der Waals surface area contributed by atoms with Gasteiger partial charge in [-0.25, -0.2) is 8.78 Å². The molecule has 4 heteroatoms. The van der Waals surface area contributed by atoms with E-state index in [1.54, 1.807) is 0 Å². The minimum Gasteiger partial charge on any atom is -0.456 e. The van der Waals surface area contributed by atoms with E-state index in [1.165, 1.54) is 28.9 Å². The molecule has 3 aromatic carbocycles. The summed E-state index contributed by atoms with van der Waals surface area (Å²) in [6.45, 7) is 5.24. The first-order valence-electron chi connectivity index (χ1n) is 10.3. The number of benzene rings is 3. The average molecular weight is 403 g/mol. The highest BCUT2D eigenvalue weighted by atomic mass is 19.1. The maximum Gasteiger partial charge on any atom is 0.137 e. The highest BCUT2D eigenvalue weighted by Gasteiger charge is 2.29. The van der Waals surface area contributed by atoms with Gasteiger partial charge in [-0.1, -0.05) is 35.9 Å². The van der Waals surface area contributed by atoms with Crippen LogP contribution in [0.1, 0.15) is 40.8 Å². The number of para-hydroxylation sites is 1. The summed E-state index contributed by atoms with van der Waals surface area (Å²) in [6.07, 6.45) is 3.55. The molecule has 152 valence electrons. The van der Waals surface area contributed by atoms with Gasteiger partial charge in [0, 0.05) is 23.9 Å². The molecule has 2 aliphatic rings. The number of ether oxygens (including phenoxy) is 1. The minimum atomic E-state index is -0.611. The topological polar surface area (TPSA) is 12.5 Å². The van der Waals surface area contributed by atoms with Crippen molar-refractivity contribution in [3.63, 3.8) is 0 Å². The molecule has 2 nitrogen and oxygen atoms in total. The van der Waals surface area contributed by atoms with E-state index in [1.807, 2.05) is 6.08 Å². The van der Waals surface area contributed by atoms with E-state index in [-0.39, 0.29) is 11.6 Å². The van der Waals surface area contributed by atoms with Gasteiger partial charge in [0.2, 0.25) is 0 Å². The fourth-order valence-corrected chi connectivity index (χ4v) is 4.61. The summed E-state index contributed by atoms with van der Waals surface area (Å²) in [4.78, 5) is 2.41. The molecular weight excluding hydrogens is 380 g/mol. The minimum absolute atomic E-state index is 0.111. The molecule has 0 aliphatic carbocycles. The maximum atomic E-state index is 14.4. The van der Waals surface area contributed by atoms with E-state index in [0.29, 0.717) is 12.2 Å². The Hall–Kier alpha value is -3.14. The molecule has 30 heavy (non-hydrogen) atoms. The van der Waals surface area contributed by atoms with Crippen LogP contribution in [0, 0.1) is 18.6 Å². The molecule has 0 bridgehead atoms. The lowest BCUT2D eigenvalue weighted by Crippen LogP contribution is -2.25. The number of aryl methyl sites for hydroxylation is 1. The molecule has 0 amide bonds. The number of hydrogen-bond donors (Lipinski definition) is 0. The van der Waals surface area contributed by atoms with Crippen LogP contribution >= 0.6 is 0 Å². The van der Waals surface area contributed by atoms with E-state index < -0.39 is 11.6 Å². The Morgan fingerprint density at radius 3 is 2.67 bits per heavy atom. The van der Waals surface area contributed by atoms with E-state index >= 15 is 0 Å². The quantitative estimate of drug-likeness (QED) is 0.504. The summed E-state index contributed by atoms with van der Waals surface area (Å²) in [6, 6.07) is 16.5. The van der Waals surface area contributed by atoms with E-state index in [0.717, 1.165) is 35.9 Å². The molecule has 1 atom stereocenters. The molecule has 0 N–H and O–H groups in total. The summed E-state index contributed by atoms with van der Waals surface area (Å²) in [7, 11) is 0. The first kappa shape index (κ1) is 18.9. The first-order valence-corrected chi connectivity index (χ1v) is 10.3. The fraction of sp³-hybridized carbons (Fsp3) is 0.231. The second-order valence-corrected chi connectivity index (χ2v) is 8.09. The largest absolute Gasteiger partial charge is 0.456 e. The lowest BCUT2D eigenvalue weighted by molar-refractivity contribution is 0.476. The Morgan fingerprint density at radius 1 is 1.00 bits per heavy atom. The molecule has 0 fully saturated rings. The third-order valence-corrected chi connectivity index (χ3v) is 6.10. The van der Waals surface area contributed by atoms with Gasteiger partial charge in [-0.15, -0.1) is 0 Å². The zero-order chi connectivity index (χ0) is 20.8. The molecular formula is C26H23F2NO. The van der Waals surface area contributed by atoms with Gasteiger partial charge in [-0.3, -0.25) is 0 Å². The number of rotatable bonds is 3. The van der Waals surface area contributed by atoms with Gasteiger partial charge in [0.05, 0.1) is 11.6 Å². The molecule has 0 spiro atoms. The van der Waals surface area contributed by atoms with Crippen molar-refractivity contribution < 1.29 is 13.5 Å². The van der Waals surface area contributed by atoms with Gasteiger partial charge in [0.1, 0.15) is 23.1 Å². The van der Waals surface area contributed by atoms with E-state index in [4.69, 9.17) is 4.74 Å². The molecule has 1 unspecified atom stereocenters. The summed E-state index contributed by atoms with van der Waals surface area (Å²) in [5, 5.41) is 0. The van der Waals surface area contributed by atoms with Crippen molar-refractivity contribution in [1.29, 1.82) is 0 Å². The third-order valence-electron chi connectivity index (χ3n) is 6.10. The lowest BCUT2D eigenvalue weighted by Gasteiger charge is -2.31. The Morgan fingerprint density at radius 2 is 1.83 bits per heavy atom. The summed E-state index contributed by atoms with van der Waals surface area (Å²) >= 11 is 0. The van der Waals surface area contributed by atoms with Gasteiger partial charge in [0.25, 0.3) is 0 Å². The van der Waals surface area contributed by atoms with Crippen LogP contribution in [0.25, 0.3) is 5.76 Å². The first-order chi connectivity index (χ1) is 14.5. The van der Waals surface area contributed by atoms with Gasteiger partial charge >= 0.3 is 0 Å².